The Morgan fingerprint density at radius 2 is 2.06 bits per heavy atom. The fourth-order valence-corrected chi connectivity index (χ4v) is 1.77. The molecule has 0 bridgehead atoms. The van der Waals surface area contributed by atoms with Crippen LogP contribution in [0.1, 0.15) is 18.1 Å². The van der Waals surface area contributed by atoms with Gasteiger partial charge in [-0.05, 0) is 38.2 Å². The number of methoxy groups -OCH3 is 2. The molecule has 0 aliphatic rings. The second kappa shape index (κ2) is 7.20. The number of rotatable bonds is 7. The Kier molecular flexibility index (Phi) is 5.91. The van der Waals surface area contributed by atoms with Crippen LogP contribution in [-0.4, -0.2) is 39.0 Å². The molecule has 5 nitrogen and oxygen atoms in total. The summed E-state index contributed by atoms with van der Waals surface area (Å²) < 4.78 is 10.4. The summed E-state index contributed by atoms with van der Waals surface area (Å²) in [5.74, 6) is 1.29. The summed E-state index contributed by atoms with van der Waals surface area (Å²) in [7, 11) is 5.00. The van der Waals surface area contributed by atoms with Crippen LogP contribution in [0.4, 0.5) is 0 Å². The van der Waals surface area contributed by atoms with Gasteiger partial charge in [-0.25, -0.2) is 0 Å². The van der Waals surface area contributed by atoms with Gasteiger partial charge in [0.25, 0.3) is 0 Å². The highest BCUT2D eigenvalue weighted by atomic mass is 16.5. The lowest BCUT2D eigenvalue weighted by molar-refractivity contribution is 0.138. The molecule has 1 aromatic rings. The number of hydrogen-bond acceptors (Lipinski definition) is 5. The van der Waals surface area contributed by atoms with E-state index in [1.54, 1.807) is 32.4 Å². The summed E-state index contributed by atoms with van der Waals surface area (Å²) in [5, 5.41) is 13.3. The molecule has 2 unspecified atom stereocenters. The first kappa shape index (κ1) is 14.8. The summed E-state index contributed by atoms with van der Waals surface area (Å²) in [6, 6.07) is 4.96. The predicted octanol–water partition coefficient (Wildman–Crippen LogP) is 0.674. The maximum absolute atomic E-state index is 10.3. The standard InChI is InChI=1S/C13H22N2O3/c1-15-7-6-11(14)13(16)10-8-9(17-2)4-5-12(10)18-3/h4-5,8,11,13,15-16H,6-7,14H2,1-3H3. The molecule has 0 aliphatic carbocycles. The molecule has 1 rings (SSSR count). The lowest BCUT2D eigenvalue weighted by Crippen LogP contribution is -2.31. The predicted molar refractivity (Wildman–Crippen MR) is 71.0 cm³/mol. The maximum Gasteiger partial charge on any atom is 0.124 e. The van der Waals surface area contributed by atoms with Crippen molar-refractivity contribution in [1.82, 2.24) is 5.32 Å². The number of aliphatic hydroxyl groups excluding tert-OH is 1. The van der Waals surface area contributed by atoms with E-state index >= 15 is 0 Å². The fourth-order valence-electron chi connectivity index (χ4n) is 1.77. The van der Waals surface area contributed by atoms with E-state index in [2.05, 4.69) is 5.32 Å². The molecule has 0 amide bonds. The van der Waals surface area contributed by atoms with Gasteiger partial charge in [0.2, 0.25) is 0 Å². The van der Waals surface area contributed by atoms with Gasteiger partial charge in [0.05, 0.1) is 20.3 Å². The van der Waals surface area contributed by atoms with E-state index in [9.17, 15) is 5.11 Å². The van der Waals surface area contributed by atoms with Crippen LogP contribution in [0.15, 0.2) is 18.2 Å². The molecule has 2 atom stereocenters. The Balaban J connectivity index is 2.91. The maximum atomic E-state index is 10.3. The van der Waals surface area contributed by atoms with E-state index < -0.39 is 6.10 Å². The Morgan fingerprint density at radius 1 is 1.33 bits per heavy atom. The summed E-state index contributed by atoms with van der Waals surface area (Å²) in [5.41, 5.74) is 6.62. The van der Waals surface area contributed by atoms with Crippen LogP contribution < -0.4 is 20.5 Å². The first-order valence-electron chi connectivity index (χ1n) is 5.94. The van der Waals surface area contributed by atoms with Gasteiger partial charge in [-0.2, -0.15) is 0 Å². The molecular weight excluding hydrogens is 232 g/mol. The average Bonchev–Trinajstić information content (AvgIpc) is 2.43. The monoisotopic (exact) mass is 254 g/mol. The number of hydrogen-bond donors (Lipinski definition) is 3. The molecular formula is C13H22N2O3. The van der Waals surface area contributed by atoms with Crippen LogP contribution in [0.3, 0.4) is 0 Å². The van der Waals surface area contributed by atoms with Crippen LogP contribution in [0.5, 0.6) is 11.5 Å². The van der Waals surface area contributed by atoms with E-state index in [1.165, 1.54) is 0 Å². The molecule has 1 aromatic carbocycles. The molecule has 102 valence electrons. The molecule has 5 heteroatoms. The van der Waals surface area contributed by atoms with Crippen molar-refractivity contribution >= 4 is 0 Å². The smallest absolute Gasteiger partial charge is 0.124 e. The lowest BCUT2D eigenvalue weighted by Gasteiger charge is -2.21. The van der Waals surface area contributed by atoms with Gasteiger partial charge in [0.15, 0.2) is 0 Å². The number of ether oxygens (including phenoxy) is 2. The minimum absolute atomic E-state index is 0.349. The number of benzene rings is 1. The third kappa shape index (κ3) is 3.60. The number of aliphatic hydroxyl groups is 1. The summed E-state index contributed by atoms with van der Waals surface area (Å²) in [6.07, 6.45) is -0.0960. The first-order valence-corrected chi connectivity index (χ1v) is 5.94. The van der Waals surface area contributed by atoms with E-state index in [0.29, 0.717) is 23.5 Å². The lowest BCUT2D eigenvalue weighted by atomic mass is 9.99. The van der Waals surface area contributed by atoms with E-state index in [4.69, 9.17) is 15.2 Å². The zero-order chi connectivity index (χ0) is 13.5. The minimum Gasteiger partial charge on any atom is -0.497 e. The Bertz CT molecular complexity index is 371. The number of nitrogens with two attached hydrogens (primary N) is 1. The van der Waals surface area contributed by atoms with Gasteiger partial charge < -0.3 is 25.6 Å². The van der Waals surface area contributed by atoms with Gasteiger partial charge in [0, 0.05) is 11.6 Å². The fraction of sp³-hybridized carbons (Fsp3) is 0.538. The zero-order valence-corrected chi connectivity index (χ0v) is 11.1. The van der Waals surface area contributed by atoms with Crippen molar-refractivity contribution in [2.75, 3.05) is 27.8 Å². The topological polar surface area (TPSA) is 76.7 Å². The van der Waals surface area contributed by atoms with E-state index in [1.807, 2.05) is 7.05 Å². The molecule has 0 aliphatic heterocycles. The summed E-state index contributed by atoms with van der Waals surface area (Å²) >= 11 is 0. The SMILES string of the molecule is CNCCC(N)C(O)c1cc(OC)ccc1OC. The summed E-state index contributed by atoms with van der Waals surface area (Å²) in [6.45, 7) is 0.754. The third-order valence-electron chi connectivity index (χ3n) is 2.89. The second-order valence-corrected chi connectivity index (χ2v) is 4.11. The molecule has 0 radical (unpaired) electrons. The van der Waals surface area contributed by atoms with Crippen molar-refractivity contribution in [2.24, 2.45) is 5.73 Å². The molecule has 0 saturated carbocycles. The summed E-state index contributed by atoms with van der Waals surface area (Å²) in [4.78, 5) is 0. The van der Waals surface area contributed by atoms with Crippen molar-refractivity contribution in [2.45, 2.75) is 18.6 Å². The Hall–Kier alpha value is -1.30. The largest absolute Gasteiger partial charge is 0.497 e. The van der Waals surface area contributed by atoms with Crippen LogP contribution in [0.2, 0.25) is 0 Å². The van der Waals surface area contributed by atoms with Crippen LogP contribution in [0, 0.1) is 0 Å². The normalized spacial score (nSPS) is 14.1. The highest BCUT2D eigenvalue weighted by Crippen LogP contribution is 2.31. The number of nitrogens with one attached hydrogen (secondary N) is 1. The van der Waals surface area contributed by atoms with E-state index in [-0.39, 0.29) is 6.04 Å². The molecule has 18 heavy (non-hydrogen) atoms. The third-order valence-corrected chi connectivity index (χ3v) is 2.89. The van der Waals surface area contributed by atoms with Crippen LogP contribution in [0.25, 0.3) is 0 Å². The van der Waals surface area contributed by atoms with Crippen molar-refractivity contribution in [3.63, 3.8) is 0 Å². The van der Waals surface area contributed by atoms with Crippen LogP contribution in [-0.2, 0) is 0 Å². The first-order chi connectivity index (χ1) is 8.63. The van der Waals surface area contributed by atoms with Gasteiger partial charge in [-0.15, -0.1) is 0 Å². The molecule has 0 heterocycles. The molecule has 0 aromatic heterocycles. The molecule has 0 fully saturated rings. The van der Waals surface area contributed by atoms with E-state index in [0.717, 1.165) is 6.54 Å². The highest BCUT2D eigenvalue weighted by molar-refractivity contribution is 5.42. The van der Waals surface area contributed by atoms with Crippen molar-refractivity contribution in [3.05, 3.63) is 23.8 Å². The Morgan fingerprint density at radius 3 is 2.61 bits per heavy atom. The van der Waals surface area contributed by atoms with Crippen LogP contribution >= 0.6 is 0 Å². The van der Waals surface area contributed by atoms with Gasteiger partial charge >= 0.3 is 0 Å². The minimum atomic E-state index is -0.775. The molecule has 4 N–H and O–H groups in total. The quantitative estimate of drug-likeness (QED) is 0.667. The van der Waals surface area contributed by atoms with Gasteiger partial charge in [-0.3, -0.25) is 0 Å². The van der Waals surface area contributed by atoms with Crippen molar-refractivity contribution in [3.8, 4) is 11.5 Å². The van der Waals surface area contributed by atoms with Crippen molar-refractivity contribution in [1.29, 1.82) is 0 Å². The van der Waals surface area contributed by atoms with Gasteiger partial charge in [0.1, 0.15) is 11.5 Å². The highest BCUT2D eigenvalue weighted by Gasteiger charge is 2.20. The average molecular weight is 254 g/mol. The second-order valence-electron chi connectivity index (χ2n) is 4.11. The molecule has 0 spiro atoms. The Labute approximate surface area is 108 Å². The zero-order valence-electron chi connectivity index (χ0n) is 11.1. The molecule has 0 saturated heterocycles. The van der Waals surface area contributed by atoms with Crippen molar-refractivity contribution < 1.29 is 14.6 Å². The van der Waals surface area contributed by atoms with Gasteiger partial charge in [-0.1, -0.05) is 0 Å².